The van der Waals surface area contributed by atoms with Crippen molar-refractivity contribution in [3.05, 3.63) is 60.4 Å². The summed E-state index contributed by atoms with van der Waals surface area (Å²) in [5.74, 6) is 0.425. The molecule has 0 fully saturated rings. The van der Waals surface area contributed by atoms with Crippen molar-refractivity contribution in [3.8, 4) is 6.19 Å². The molecule has 1 unspecified atom stereocenters. The Hall–Kier alpha value is -2.87. The van der Waals surface area contributed by atoms with Crippen LogP contribution in [0.25, 0.3) is 0 Å². The minimum absolute atomic E-state index is 0.0485. The number of nitrogens with zero attached hydrogens (tertiary/aromatic N) is 3. The number of aromatic nitrogens is 1. The maximum Gasteiger partial charge on any atom is 0.209 e. The molecule has 2 aromatic rings. The zero-order valence-corrected chi connectivity index (χ0v) is 11.8. The van der Waals surface area contributed by atoms with Crippen LogP contribution in [0.2, 0.25) is 0 Å². The minimum atomic E-state index is 0.0485. The topological polar surface area (TPSA) is 73.1 Å². The van der Waals surface area contributed by atoms with E-state index in [2.05, 4.69) is 32.7 Å². The van der Waals surface area contributed by atoms with Gasteiger partial charge >= 0.3 is 0 Å². The molecule has 0 amide bonds. The van der Waals surface area contributed by atoms with Crippen molar-refractivity contribution in [1.29, 1.82) is 5.26 Å². The lowest BCUT2D eigenvalue weighted by atomic mass is 10.1. The molecule has 0 radical (unpaired) electrons. The summed E-state index contributed by atoms with van der Waals surface area (Å²) in [6.07, 6.45) is 6.07. The molecular formula is C16H17N5. The van der Waals surface area contributed by atoms with Crippen molar-refractivity contribution in [3.63, 3.8) is 0 Å². The number of guanidine groups is 1. The maximum absolute atomic E-state index is 8.82. The smallest absolute Gasteiger partial charge is 0.209 e. The normalized spacial score (nSPS) is 12.3. The predicted octanol–water partition coefficient (Wildman–Crippen LogP) is 2.55. The highest BCUT2D eigenvalue weighted by atomic mass is 15.2. The monoisotopic (exact) mass is 279 g/mol. The van der Waals surface area contributed by atoms with Crippen molar-refractivity contribution >= 4 is 11.6 Å². The highest BCUT2D eigenvalue weighted by Crippen LogP contribution is 2.07. The minimum Gasteiger partial charge on any atom is -0.324 e. The van der Waals surface area contributed by atoms with Crippen molar-refractivity contribution < 1.29 is 0 Å². The molecule has 0 aliphatic carbocycles. The number of nitriles is 1. The van der Waals surface area contributed by atoms with Gasteiger partial charge in [-0.3, -0.25) is 10.3 Å². The van der Waals surface area contributed by atoms with Gasteiger partial charge in [0.25, 0.3) is 0 Å². The van der Waals surface area contributed by atoms with Gasteiger partial charge < -0.3 is 5.32 Å². The second kappa shape index (κ2) is 7.65. The van der Waals surface area contributed by atoms with Crippen LogP contribution >= 0.6 is 0 Å². The zero-order chi connectivity index (χ0) is 14.9. The summed E-state index contributed by atoms with van der Waals surface area (Å²) in [7, 11) is 0. The molecule has 0 bridgehead atoms. The lowest BCUT2D eigenvalue weighted by Gasteiger charge is -2.11. The van der Waals surface area contributed by atoms with Crippen LogP contribution in [0.5, 0.6) is 0 Å². The number of nitrogens with one attached hydrogen (secondary N) is 2. The summed E-state index contributed by atoms with van der Waals surface area (Å²) in [5, 5.41) is 14.4. The van der Waals surface area contributed by atoms with Gasteiger partial charge in [0.1, 0.15) is 0 Å². The van der Waals surface area contributed by atoms with Gasteiger partial charge in [0.05, 0.1) is 17.9 Å². The third-order valence-electron chi connectivity index (χ3n) is 2.82. The molecule has 1 aromatic carbocycles. The van der Waals surface area contributed by atoms with Gasteiger partial charge in [-0.2, -0.15) is 5.26 Å². The average Bonchev–Trinajstić information content (AvgIpc) is 2.49. The summed E-state index contributed by atoms with van der Waals surface area (Å²) in [4.78, 5) is 8.52. The molecule has 106 valence electrons. The first-order chi connectivity index (χ1) is 10.3. The Morgan fingerprint density at radius 3 is 2.76 bits per heavy atom. The SMILES string of the molecule is CC(Cc1ccccc1)N=C(NC#N)Nc1cccnc1. The lowest BCUT2D eigenvalue weighted by Crippen LogP contribution is -2.28. The van der Waals surface area contributed by atoms with Crippen LogP contribution in [0.4, 0.5) is 5.69 Å². The van der Waals surface area contributed by atoms with E-state index in [4.69, 9.17) is 5.26 Å². The Bertz CT molecular complexity index is 616. The Kier molecular flexibility index (Phi) is 5.30. The molecule has 1 heterocycles. The van der Waals surface area contributed by atoms with Crippen molar-refractivity contribution in [2.24, 2.45) is 4.99 Å². The molecule has 0 saturated heterocycles. The van der Waals surface area contributed by atoms with Crippen LogP contribution < -0.4 is 10.6 Å². The van der Waals surface area contributed by atoms with Crippen molar-refractivity contribution in [2.75, 3.05) is 5.32 Å². The number of benzene rings is 1. The largest absolute Gasteiger partial charge is 0.324 e. The van der Waals surface area contributed by atoms with Crippen LogP contribution in [0.15, 0.2) is 59.9 Å². The second-order valence-electron chi connectivity index (χ2n) is 4.62. The maximum atomic E-state index is 8.82. The fraction of sp³-hybridized carbons (Fsp3) is 0.188. The molecule has 2 N–H and O–H groups in total. The van der Waals surface area contributed by atoms with Gasteiger partial charge in [0.2, 0.25) is 5.96 Å². The summed E-state index contributed by atoms with van der Waals surface area (Å²) in [6.45, 7) is 2.01. The Labute approximate surface area is 124 Å². The molecule has 2 rings (SSSR count). The Morgan fingerprint density at radius 1 is 1.29 bits per heavy atom. The summed E-state index contributed by atoms with van der Waals surface area (Å²) < 4.78 is 0. The first kappa shape index (κ1) is 14.5. The molecule has 1 aromatic heterocycles. The molecule has 0 aliphatic heterocycles. The molecule has 0 spiro atoms. The highest BCUT2D eigenvalue weighted by Gasteiger charge is 2.05. The number of hydrogen-bond donors (Lipinski definition) is 2. The van der Waals surface area contributed by atoms with Gasteiger partial charge in [-0.05, 0) is 31.0 Å². The molecule has 21 heavy (non-hydrogen) atoms. The van der Waals surface area contributed by atoms with E-state index in [1.165, 1.54) is 5.56 Å². The second-order valence-corrected chi connectivity index (χ2v) is 4.62. The van der Waals surface area contributed by atoms with Crippen molar-refractivity contribution in [1.82, 2.24) is 10.3 Å². The molecule has 0 saturated carbocycles. The summed E-state index contributed by atoms with van der Waals surface area (Å²) in [6, 6.07) is 13.9. The van der Waals surface area contributed by atoms with E-state index in [1.807, 2.05) is 43.4 Å². The Balaban J connectivity index is 2.04. The van der Waals surface area contributed by atoms with Gasteiger partial charge in [0.15, 0.2) is 6.19 Å². The molecule has 0 aliphatic rings. The van der Waals surface area contributed by atoms with Crippen LogP contribution in [-0.4, -0.2) is 17.0 Å². The van der Waals surface area contributed by atoms with Gasteiger partial charge in [0, 0.05) is 6.20 Å². The third-order valence-corrected chi connectivity index (χ3v) is 2.82. The van der Waals surface area contributed by atoms with Gasteiger partial charge in [-0.15, -0.1) is 0 Å². The fourth-order valence-corrected chi connectivity index (χ4v) is 1.94. The number of anilines is 1. The average molecular weight is 279 g/mol. The molecular weight excluding hydrogens is 262 g/mol. The first-order valence-corrected chi connectivity index (χ1v) is 6.72. The van der Waals surface area contributed by atoms with E-state index in [0.29, 0.717) is 5.96 Å². The van der Waals surface area contributed by atoms with Gasteiger partial charge in [-0.1, -0.05) is 30.3 Å². The highest BCUT2D eigenvalue weighted by molar-refractivity contribution is 5.94. The lowest BCUT2D eigenvalue weighted by molar-refractivity contribution is 0.736. The van der Waals surface area contributed by atoms with Crippen LogP contribution in [0.3, 0.4) is 0 Å². The van der Waals surface area contributed by atoms with E-state index in [9.17, 15) is 0 Å². The van der Waals surface area contributed by atoms with E-state index in [1.54, 1.807) is 12.4 Å². The van der Waals surface area contributed by atoms with Crippen LogP contribution in [0.1, 0.15) is 12.5 Å². The van der Waals surface area contributed by atoms with E-state index >= 15 is 0 Å². The van der Waals surface area contributed by atoms with Crippen molar-refractivity contribution in [2.45, 2.75) is 19.4 Å². The van der Waals surface area contributed by atoms with E-state index in [0.717, 1.165) is 12.1 Å². The number of hydrogen-bond acceptors (Lipinski definition) is 3. The van der Waals surface area contributed by atoms with E-state index < -0.39 is 0 Å². The number of aliphatic imine (C=N–C) groups is 1. The zero-order valence-electron chi connectivity index (χ0n) is 11.8. The van der Waals surface area contributed by atoms with Gasteiger partial charge in [-0.25, -0.2) is 4.99 Å². The number of rotatable bonds is 4. The van der Waals surface area contributed by atoms with Crippen LogP contribution in [-0.2, 0) is 6.42 Å². The predicted molar refractivity (Wildman–Crippen MR) is 83.7 cm³/mol. The first-order valence-electron chi connectivity index (χ1n) is 6.72. The van der Waals surface area contributed by atoms with E-state index in [-0.39, 0.29) is 6.04 Å². The fourth-order valence-electron chi connectivity index (χ4n) is 1.94. The molecule has 5 heteroatoms. The third kappa shape index (κ3) is 4.96. The molecule has 1 atom stereocenters. The molecule has 5 nitrogen and oxygen atoms in total. The summed E-state index contributed by atoms with van der Waals surface area (Å²) >= 11 is 0. The summed E-state index contributed by atoms with van der Waals surface area (Å²) in [5.41, 5.74) is 2.00. The number of pyridine rings is 1. The standard InChI is InChI=1S/C16H17N5/c1-13(10-14-6-3-2-4-7-14)20-16(19-12-17)21-15-8-5-9-18-11-15/h2-9,11,13H,10H2,1H3,(H2,19,20,21). The quantitative estimate of drug-likeness (QED) is 0.390. The van der Waals surface area contributed by atoms with Crippen LogP contribution in [0, 0.1) is 11.5 Å². The Morgan fingerprint density at radius 2 is 2.10 bits per heavy atom.